The van der Waals surface area contributed by atoms with Gasteiger partial charge in [-0.2, -0.15) is 0 Å². The summed E-state index contributed by atoms with van der Waals surface area (Å²) in [6.45, 7) is 1.48. The number of carbonyl (C=O) groups excluding carboxylic acids is 2. The van der Waals surface area contributed by atoms with Gasteiger partial charge in [0, 0.05) is 24.7 Å². The Kier molecular flexibility index (Phi) is 0.691. The topological polar surface area (TPSA) is 69.4 Å². The minimum Gasteiger partial charge on any atom is -0.458 e. The first-order valence-electron chi connectivity index (χ1n) is 5.59. The Bertz CT molecular complexity index is 415. The van der Waals surface area contributed by atoms with Crippen LogP contribution in [0.3, 0.4) is 0 Å². The molecule has 6 saturated carbocycles. The zero-order chi connectivity index (χ0) is 10.3. The van der Waals surface area contributed by atoms with Gasteiger partial charge in [-0.3, -0.25) is 9.59 Å². The minimum absolute atomic E-state index is 0.0950. The molecule has 6 aliphatic carbocycles. The SMILES string of the molecule is CC(=O)OC12C3C4C1C1C2C3C41C(N)=O. The number of hydrogen-bond donors (Lipinski definition) is 1. The molecule has 0 saturated heterocycles. The number of rotatable bonds is 2. The van der Waals surface area contributed by atoms with E-state index in [1.807, 2.05) is 0 Å². The molecule has 0 aromatic carbocycles. The molecule has 2 N–H and O–H groups in total. The summed E-state index contributed by atoms with van der Waals surface area (Å²) in [5.74, 6) is 2.66. The smallest absolute Gasteiger partial charge is 0.303 e. The molecule has 6 rings (SSSR count). The zero-order valence-electron chi connectivity index (χ0n) is 8.27. The Balaban J connectivity index is 1.54. The second-order valence-corrected chi connectivity index (χ2v) is 5.90. The van der Waals surface area contributed by atoms with Gasteiger partial charge in [0.15, 0.2) is 0 Å². The molecule has 6 fully saturated rings. The molecule has 4 heteroatoms. The molecular formula is C11H11NO3. The van der Waals surface area contributed by atoms with Gasteiger partial charge in [-0.25, -0.2) is 0 Å². The van der Waals surface area contributed by atoms with Crippen molar-refractivity contribution >= 4 is 11.9 Å². The Morgan fingerprint density at radius 2 is 1.53 bits per heavy atom. The van der Waals surface area contributed by atoms with Crippen molar-refractivity contribution in [2.45, 2.75) is 12.5 Å². The summed E-state index contributed by atoms with van der Waals surface area (Å²) in [6, 6.07) is 0. The van der Waals surface area contributed by atoms with Crippen LogP contribution >= 0.6 is 0 Å². The molecule has 4 nitrogen and oxygen atoms in total. The number of esters is 1. The predicted molar refractivity (Wildman–Crippen MR) is 47.1 cm³/mol. The van der Waals surface area contributed by atoms with Crippen molar-refractivity contribution < 1.29 is 14.3 Å². The highest BCUT2D eigenvalue weighted by Crippen LogP contribution is 3.07. The number of ether oxygens (including phenoxy) is 1. The van der Waals surface area contributed by atoms with Crippen LogP contribution in [-0.2, 0) is 14.3 Å². The van der Waals surface area contributed by atoms with Gasteiger partial charge in [0.1, 0.15) is 5.60 Å². The minimum atomic E-state index is -0.168. The Hall–Kier alpha value is -1.06. The van der Waals surface area contributed by atoms with Gasteiger partial charge in [0.05, 0.1) is 5.41 Å². The third kappa shape index (κ3) is 0.317. The lowest BCUT2D eigenvalue weighted by atomic mass is 8.95. The van der Waals surface area contributed by atoms with E-state index in [9.17, 15) is 9.59 Å². The molecule has 0 aromatic heterocycles. The lowest BCUT2D eigenvalue weighted by molar-refractivity contribution is -0.643. The highest BCUT2D eigenvalue weighted by atomic mass is 16.6. The van der Waals surface area contributed by atoms with Crippen molar-refractivity contribution in [3.05, 3.63) is 0 Å². The molecule has 0 unspecified atom stereocenters. The van der Waals surface area contributed by atoms with Crippen LogP contribution in [-0.4, -0.2) is 17.5 Å². The van der Waals surface area contributed by atoms with Crippen molar-refractivity contribution in [3.63, 3.8) is 0 Å². The maximum atomic E-state index is 11.4. The van der Waals surface area contributed by atoms with E-state index in [0.717, 1.165) is 0 Å². The summed E-state index contributed by atoms with van der Waals surface area (Å²) in [7, 11) is 0. The summed E-state index contributed by atoms with van der Waals surface area (Å²) in [6.07, 6.45) is 0. The summed E-state index contributed by atoms with van der Waals surface area (Å²) in [5, 5.41) is 0. The molecule has 0 aliphatic heterocycles. The average molecular weight is 205 g/mol. The lowest BCUT2D eigenvalue weighted by Gasteiger charge is -3.08. The van der Waals surface area contributed by atoms with Crippen LogP contribution in [0.4, 0.5) is 0 Å². The molecule has 6 aliphatic rings. The summed E-state index contributed by atoms with van der Waals surface area (Å²) >= 11 is 0. The summed E-state index contributed by atoms with van der Waals surface area (Å²) < 4.78 is 5.49. The average Bonchev–Trinajstić information content (AvgIpc) is 2.17. The van der Waals surface area contributed by atoms with Crippen molar-refractivity contribution in [2.24, 2.45) is 46.7 Å². The normalized spacial score (nSPS) is 72.3. The van der Waals surface area contributed by atoms with Gasteiger partial charge >= 0.3 is 5.97 Å². The van der Waals surface area contributed by atoms with E-state index in [4.69, 9.17) is 10.5 Å². The second kappa shape index (κ2) is 1.43. The lowest BCUT2D eigenvalue weighted by Crippen LogP contribution is -3.14. The third-order valence-electron chi connectivity index (χ3n) is 6.29. The molecule has 0 spiro atoms. The monoisotopic (exact) mass is 205 g/mol. The largest absolute Gasteiger partial charge is 0.458 e. The first kappa shape index (κ1) is 7.25. The predicted octanol–water partition coefficient (Wildman–Crippen LogP) is -0.475. The molecular weight excluding hydrogens is 194 g/mol. The number of hydrogen-bond acceptors (Lipinski definition) is 3. The van der Waals surface area contributed by atoms with Gasteiger partial charge < -0.3 is 10.5 Å². The van der Waals surface area contributed by atoms with E-state index >= 15 is 0 Å². The van der Waals surface area contributed by atoms with E-state index in [1.54, 1.807) is 0 Å². The zero-order valence-corrected chi connectivity index (χ0v) is 8.27. The van der Waals surface area contributed by atoms with Crippen LogP contribution in [0.5, 0.6) is 0 Å². The van der Waals surface area contributed by atoms with Crippen molar-refractivity contribution in [1.29, 1.82) is 0 Å². The maximum Gasteiger partial charge on any atom is 0.303 e. The standard InChI is InChI=1S/C11H11NO3/c1-2(13)15-11-6-3-7(11)5-8(11)4(6)10(3,5)9(12)14/h3-8H,1H3,(H2,12,14). The van der Waals surface area contributed by atoms with E-state index in [0.29, 0.717) is 35.5 Å². The van der Waals surface area contributed by atoms with Crippen molar-refractivity contribution in [1.82, 2.24) is 0 Å². The van der Waals surface area contributed by atoms with Gasteiger partial charge in [-0.15, -0.1) is 0 Å². The summed E-state index contributed by atoms with van der Waals surface area (Å²) in [5.41, 5.74) is 5.26. The molecule has 0 heterocycles. The number of primary amides is 1. The van der Waals surface area contributed by atoms with Crippen molar-refractivity contribution in [2.75, 3.05) is 0 Å². The third-order valence-corrected chi connectivity index (χ3v) is 6.29. The number of nitrogens with two attached hydrogens (primary N) is 1. The second-order valence-electron chi connectivity index (χ2n) is 5.90. The van der Waals surface area contributed by atoms with Crippen LogP contribution in [0.25, 0.3) is 0 Å². The van der Waals surface area contributed by atoms with Crippen LogP contribution in [0, 0.1) is 40.9 Å². The molecule has 0 atom stereocenters. The first-order chi connectivity index (χ1) is 7.09. The van der Waals surface area contributed by atoms with E-state index in [-0.39, 0.29) is 22.9 Å². The maximum absolute atomic E-state index is 11.4. The number of amides is 1. The number of carbonyl (C=O) groups is 2. The molecule has 15 heavy (non-hydrogen) atoms. The molecule has 0 radical (unpaired) electrons. The highest BCUT2D eigenvalue weighted by Gasteiger charge is 3.13. The van der Waals surface area contributed by atoms with Gasteiger partial charge in [-0.05, 0) is 17.8 Å². The first-order valence-corrected chi connectivity index (χ1v) is 5.59. The van der Waals surface area contributed by atoms with Crippen molar-refractivity contribution in [3.8, 4) is 0 Å². The quantitative estimate of drug-likeness (QED) is 0.619. The van der Waals surface area contributed by atoms with E-state index in [1.165, 1.54) is 6.92 Å². The van der Waals surface area contributed by atoms with Gasteiger partial charge in [0.2, 0.25) is 5.91 Å². The summed E-state index contributed by atoms with van der Waals surface area (Å²) in [4.78, 5) is 22.5. The van der Waals surface area contributed by atoms with Gasteiger partial charge in [0.25, 0.3) is 0 Å². The molecule has 1 amide bonds. The van der Waals surface area contributed by atoms with Crippen LogP contribution < -0.4 is 5.73 Å². The van der Waals surface area contributed by atoms with Crippen LogP contribution in [0.2, 0.25) is 0 Å². The molecule has 78 valence electrons. The fourth-order valence-corrected chi connectivity index (χ4v) is 6.37. The van der Waals surface area contributed by atoms with Crippen LogP contribution in [0.1, 0.15) is 6.92 Å². The molecule has 0 bridgehead atoms. The fourth-order valence-electron chi connectivity index (χ4n) is 6.37. The Labute approximate surface area is 86.1 Å². The van der Waals surface area contributed by atoms with E-state index < -0.39 is 0 Å². The Morgan fingerprint density at radius 3 is 1.87 bits per heavy atom. The van der Waals surface area contributed by atoms with Crippen LogP contribution in [0.15, 0.2) is 0 Å². The highest BCUT2D eigenvalue weighted by molar-refractivity contribution is 5.92. The van der Waals surface area contributed by atoms with E-state index in [2.05, 4.69) is 0 Å². The molecule has 0 aromatic rings. The fraction of sp³-hybridized carbons (Fsp3) is 0.818. The van der Waals surface area contributed by atoms with Gasteiger partial charge in [-0.1, -0.05) is 0 Å². The Morgan fingerprint density at radius 1 is 1.07 bits per heavy atom.